The molecule has 2 rings (SSSR count). The highest BCUT2D eigenvalue weighted by Gasteiger charge is 2.08. The molecule has 2 N–H and O–H groups in total. The molecule has 0 saturated carbocycles. The second-order valence-electron chi connectivity index (χ2n) is 2.22. The summed E-state index contributed by atoms with van der Waals surface area (Å²) in [6, 6.07) is 1.72. The van der Waals surface area contributed by atoms with Crippen molar-refractivity contribution in [2.75, 3.05) is 5.73 Å². The molecule has 0 aliphatic carbocycles. The Hall–Kier alpha value is -0.810. The van der Waals surface area contributed by atoms with E-state index < -0.39 is 0 Å². The molecule has 2 aromatic heterocycles. The van der Waals surface area contributed by atoms with Crippen molar-refractivity contribution in [1.82, 2.24) is 14.6 Å². The van der Waals surface area contributed by atoms with Gasteiger partial charge in [-0.25, -0.2) is 9.50 Å². The van der Waals surface area contributed by atoms with Crippen LogP contribution in [0.2, 0.25) is 5.02 Å². The van der Waals surface area contributed by atoms with E-state index in [0.29, 0.717) is 16.4 Å². The van der Waals surface area contributed by atoms with Crippen molar-refractivity contribution in [3.8, 4) is 0 Å². The lowest BCUT2D eigenvalue weighted by atomic mass is 10.5. The summed E-state index contributed by atoms with van der Waals surface area (Å²) in [5, 5.41) is 4.50. The summed E-state index contributed by atoms with van der Waals surface area (Å²) >= 11 is 9.16. The van der Waals surface area contributed by atoms with Crippen molar-refractivity contribution in [3.05, 3.63) is 22.0 Å². The van der Waals surface area contributed by atoms with Crippen molar-refractivity contribution in [1.29, 1.82) is 0 Å². The fraction of sp³-hybridized carbons (Fsp3) is 0. The van der Waals surface area contributed by atoms with Crippen molar-refractivity contribution in [2.24, 2.45) is 0 Å². The Labute approximate surface area is 81.5 Å². The van der Waals surface area contributed by atoms with Crippen LogP contribution in [0.25, 0.3) is 5.52 Å². The number of aromatic nitrogens is 3. The zero-order valence-corrected chi connectivity index (χ0v) is 8.17. The molecule has 62 valence electrons. The summed E-state index contributed by atoms with van der Waals surface area (Å²) in [7, 11) is 0. The summed E-state index contributed by atoms with van der Waals surface area (Å²) in [5.74, 6) is 0.376. The first-order valence-corrected chi connectivity index (χ1v) is 4.30. The lowest BCUT2D eigenvalue weighted by Gasteiger charge is -1.96. The molecule has 0 bridgehead atoms. The molecule has 0 fully saturated rings. The molecule has 4 nitrogen and oxygen atoms in total. The molecule has 0 radical (unpaired) electrons. The molecule has 0 aromatic carbocycles. The summed E-state index contributed by atoms with van der Waals surface area (Å²) in [6.07, 6.45) is 1.38. The molecular formula is C6H4BrClN4. The summed E-state index contributed by atoms with van der Waals surface area (Å²) < 4.78 is 2.35. The van der Waals surface area contributed by atoms with Gasteiger partial charge in [-0.1, -0.05) is 11.6 Å². The topological polar surface area (TPSA) is 56.2 Å². The maximum atomic E-state index is 5.87. The molecule has 0 unspecified atom stereocenters. The van der Waals surface area contributed by atoms with Crippen LogP contribution in [-0.4, -0.2) is 14.6 Å². The zero-order chi connectivity index (χ0) is 8.72. The summed E-state index contributed by atoms with van der Waals surface area (Å²) in [4.78, 5) is 3.82. The summed E-state index contributed by atoms with van der Waals surface area (Å²) in [6.45, 7) is 0. The highest BCUT2D eigenvalue weighted by Crippen LogP contribution is 2.27. The number of nitrogens with two attached hydrogens (primary N) is 1. The lowest BCUT2D eigenvalue weighted by Crippen LogP contribution is -1.98. The van der Waals surface area contributed by atoms with Gasteiger partial charge in [-0.05, 0) is 22.0 Å². The standard InChI is InChI=1S/C6H4BrClN4/c7-4-1-3(8)5-6(9)10-2-11-12(4)5/h1-2H,(H2,9,10,11). The van der Waals surface area contributed by atoms with E-state index in [9.17, 15) is 0 Å². The van der Waals surface area contributed by atoms with Gasteiger partial charge in [0.05, 0.1) is 5.02 Å². The van der Waals surface area contributed by atoms with Gasteiger partial charge >= 0.3 is 0 Å². The van der Waals surface area contributed by atoms with Gasteiger partial charge in [0.1, 0.15) is 16.4 Å². The van der Waals surface area contributed by atoms with Crippen LogP contribution in [0.4, 0.5) is 5.82 Å². The summed E-state index contributed by atoms with van der Waals surface area (Å²) in [5.41, 5.74) is 6.22. The van der Waals surface area contributed by atoms with Gasteiger partial charge in [0.2, 0.25) is 0 Å². The Kier molecular flexibility index (Phi) is 1.69. The number of hydrogen-bond donors (Lipinski definition) is 1. The normalized spacial score (nSPS) is 10.8. The van der Waals surface area contributed by atoms with Crippen molar-refractivity contribution >= 4 is 38.9 Å². The highest BCUT2D eigenvalue weighted by molar-refractivity contribution is 9.10. The number of nitrogens with zero attached hydrogens (tertiary/aromatic N) is 3. The van der Waals surface area contributed by atoms with E-state index in [1.807, 2.05) is 0 Å². The van der Waals surface area contributed by atoms with Crippen molar-refractivity contribution < 1.29 is 0 Å². The van der Waals surface area contributed by atoms with E-state index in [1.165, 1.54) is 6.33 Å². The van der Waals surface area contributed by atoms with Crippen molar-refractivity contribution in [3.63, 3.8) is 0 Å². The minimum atomic E-state index is 0.376. The van der Waals surface area contributed by atoms with Gasteiger partial charge in [0.25, 0.3) is 0 Å². The van der Waals surface area contributed by atoms with E-state index in [-0.39, 0.29) is 0 Å². The van der Waals surface area contributed by atoms with Gasteiger partial charge in [-0.15, -0.1) is 0 Å². The quantitative estimate of drug-likeness (QED) is 0.771. The van der Waals surface area contributed by atoms with Gasteiger partial charge < -0.3 is 5.73 Å². The third kappa shape index (κ3) is 0.971. The smallest absolute Gasteiger partial charge is 0.152 e. The SMILES string of the molecule is Nc1ncnn2c(Br)cc(Cl)c12. The second-order valence-corrected chi connectivity index (χ2v) is 3.44. The third-order valence-electron chi connectivity index (χ3n) is 1.49. The minimum Gasteiger partial charge on any atom is -0.382 e. The molecule has 2 aromatic rings. The maximum Gasteiger partial charge on any atom is 0.152 e. The van der Waals surface area contributed by atoms with Crippen molar-refractivity contribution in [2.45, 2.75) is 0 Å². The fourth-order valence-corrected chi connectivity index (χ4v) is 1.90. The Morgan fingerprint density at radius 1 is 1.58 bits per heavy atom. The predicted molar refractivity (Wildman–Crippen MR) is 50.1 cm³/mol. The Morgan fingerprint density at radius 2 is 2.33 bits per heavy atom. The van der Waals surface area contributed by atoms with Gasteiger partial charge in [-0.2, -0.15) is 5.10 Å². The largest absolute Gasteiger partial charge is 0.382 e. The molecule has 12 heavy (non-hydrogen) atoms. The first-order chi connectivity index (χ1) is 5.70. The van der Waals surface area contributed by atoms with Gasteiger partial charge in [0, 0.05) is 0 Å². The van der Waals surface area contributed by atoms with Crippen LogP contribution in [0.3, 0.4) is 0 Å². The van der Waals surface area contributed by atoms with E-state index in [0.717, 1.165) is 4.60 Å². The fourth-order valence-electron chi connectivity index (χ4n) is 0.987. The molecule has 0 aliphatic rings. The number of anilines is 1. The Bertz CT molecular complexity index is 438. The maximum absolute atomic E-state index is 5.87. The van der Waals surface area contributed by atoms with E-state index in [1.54, 1.807) is 10.6 Å². The van der Waals surface area contributed by atoms with Crippen LogP contribution in [0.15, 0.2) is 17.0 Å². The van der Waals surface area contributed by atoms with Crippen LogP contribution < -0.4 is 5.73 Å². The molecule has 0 atom stereocenters. The number of nitrogen functional groups attached to an aromatic ring is 1. The molecular weight excluding hydrogens is 243 g/mol. The predicted octanol–water partition coefficient (Wildman–Crippen LogP) is 1.73. The Morgan fingerprint density at radius 3 is 3.00 bits per heavy atom. The molecule has 0 saturated heterocycles. The lowest BCUT2D eigenvalue weighted by molar-refractivity contribution is 0.889. The van der Waals surface area contributed by atoms with Crippen LogP contribution >= 0.6 is 27.5 Å². The second kappa shape index (κ2) is 2.60. The molecule has 2 heterocycles. The molecule has 0 amide bonds. The number of hydrogen-bond acceptors (Lipinski definition) is 3. The van der Waals surface area contributed by atoms with Crippen LogP contribution in [0, 0.1) is 0 Å². The van der Waals surface area contributed by atoms with E-state index in [2.05, 4.69) is 26.0 Å². The van der Waals surface area contributed by atoms with Crippen LogP contribution in [0.5, 0.6) is 0 Å². The van der Waals surface area contributed by atoms with Gasteiger partial charge in [-0.3, -0.25) is 0 Å². The Balaban J connectivity index is 2.99. The van der Waals surface area contributed by atoms with Gasteiger partial charge in [0.15, 0.2) is 5.82 Å². The number of rotatable bonds is 0. The van der Waals surface area contributed by atoms with E-state index in [4.69, 9.17) is 17.3 Å². The zero-order valence-electron chi connectivity index (χ0n) is 5.83. The first kappa shape index (κ1) is 7.82. The molecule has 6 heteroatoms. The average Bonchev–Trinajstić information content (AvgIpc) is 2.29. The first-order valence-electron chi connectivity index (χ1n) is 3.13. The third-order valence-corrected chi connectivity index (χ3v) is 2.35. The van der Waals surface area contributed by atoms with Crippen LogP contribution in [0.1, 0.15) is 0 Å². The van der Waals surface area contributed by atoms with Crippen LogP contribution in [-0.2, 0) is 0 Å². The molecule has 0 spiro atoms. The highest BCUT2D eigenvalue weighted by atomic mass is 79.9. The monoisotopic (exact) mass is 246 g/mol. The number of fused-ring (bicyclic) bond motifs is 1. The average molecular weight is 247 g/mol. The minimum absolute atomic E-state index is 0.376. The molecule has 0 aliphatic heterocycles. The van der Waals surface area contributed by atoms with E-state index >= 15 is 0 Å². The number of halogens is 2.